The second-order valence-electron chi connectivity index (χ2n) is 7.75. The molecule has 1 aromatic rings. The van der Waals surface area contributed by atoms with E-state index in [1.165, 1.54) is 89.9 Å². The lowest BCUT2D eigenvalue weighted by Gasteiger charge is -2.05. The molecule has 1 rings (SSSR count). The average Bonchev–Trinajstić information content (AvgIpc) is 2.69. The molecule has 154 valence electrons. The van der Waals surface area contributed by atoms with Gasteiger partial charge in [0.05, 0.1) is 5.71 Å². The second-order valence-corrected chi connectivity index (χ2v) is 8.19. The Kier molecular flexibility index (Phi) is 15.2. The van der Waals surface area contributed by atoms with Crippen LogP contribution in [0.4, 0.5) is 0 Å². The van der Waals surface area contributed by atoms with E-state index in [1.807, 2.05) is 24.3 Å². The second kappa shape index (κ2) is 17.1. The fourth-order valence-corrected chi connectivity index (χ4v) is 3.68. The van der Waals surface area contributed by atoms with Crippen LogP contribution in [0.1, 0.15) is 115 Å². The number of rotatable bonds is 17. The third-order valence-corrected chi connectivity index (χ3v) is 5.57. The summed E-state index contributed by atoms with van der Waals surface area (Å²) in [6.07, 6.45) is 21.3. The Bertz CT molecular complexity index is 484. The fourth-order valence-electron chi connectivity index (χ4n) is 3.56. The van der Waals surface area contributed by atoms with E-state index in [0.717, 1.165) is 24.1 Å². The summed E-state index contributed by atoms with van der Waals surface area (Å²) in [5.41, 5.74) is 1.73. The molecular formula is C24H40ClNO. The molecule has 1 aromatic carbocycles. The molecule has 0 saturated heterocycles. The summed E-state index contributed by atoms with van der Waals surface area (Å²) in [4.78, 5) is 0. The number of unbranched alkanes of at least 4 members (excludes halogenated alkanes) is 14. The number of benzene rings is 1. The quantitative estimate of drug-likeness (QED) is 0.122. The first-order valence-corrected chi connectivity index (χ1v) is 11.6. The molecular weight excluding hydrogens is 354 g/mol. The highest BCUT2D eigenvalue weighted by atomic mass is 35.5. The Hall–Kier alpha value is -1.02. The molecule has 0 amide bonds. The molecule has 1 N–H and O–H groups in total. The minimum Gasteiger partial charge on any atom is -0.411 e. The molecule has 3 heteroatoms. The SMILES string of the molecule is CCCCCCCCCCCCCCCCC/C(=N/O)c1ccc(Cl)cc1. The maximum absolute atomic E-state index is 9.22. The van der Waals surface area contributed by atoms with Crippen LogP contribution in [0.3, 0.4) is 0 Å². The smallest absolute Gasteiger partial charge is 0.0867 e. The van der Waals surface area contributed by atoms with Crippen LogP contribution in [0.15, 0.2) is 29.4 Å². The van der Waals surface area contributed by atoms with E-state index >= 15 is 0 Å². The van der Waals surface area contributed by atoms with E-state index in [2.05, 4.69) is 12.1 Å². The maximum Gasteiger partial charge on any atom is 0.0867 e. The summed E-state index contributed by atoms with van der Waals surface area (Å²) in [6.45, 7) is 2.28. The maximum atomic E-state index is 9.22. The van der Waals surface area contributed by atoms with Crippen molar-refractivity contribution < 1.29 is 5.21 Å². The molecule has 0 spiro atoms. The number of nitrogens with zero attached hydrogens (tertiary/aromatic N) is 1. The van der Waals surface area contributed by atoms with Crippen LogP contribution in [0.25, 0.3) is 0 Å². The van der Waals surface area contributed by atoms with Crippen LogP contribution < -0.4 is 0 Å². The molecule has 0 aliphatic rings. The lowest BCUT2D eigenvalue weighted by Crippen LogP contribution is -2.00. The largest absolute Gasteiger partial charge is 0.411 e. The standard InChI is InChI=1S/C24H40ClNO/c1-2-3-4-5-6-7-8-9-10-11-12-13-14-15-16-17-24(26-27)22-18-20-23(25)21-19-22/h18-21,27H,2-17H2,1H3/b26-24-. The molecule has 0 saturated carbocycles. The van der Waals surface area contributed by atoms with E-state index in [9.17, 15) is 5.21 Å². The van der Waals surface area contributed by atoms with E-state index in [-0.39, 0.29) is 0 Å². The van der Waals surface area contributed by atoms with Crippen LogP contribution in [0.5, 0.6) is 0 Å². The fraction of sp³-hybridized carbons (Fsp3) is 0.708. The summed E-state index contributed by atoms with van der Waals surface area (Å²) < 4.78 is 0. The summed E-state index contributed by atoms with van der Waals surface area (Å²) in [6, 6.07) is 7.52. The van der Waals surface area contributed by atoms with Gasteiger partial charge in [-0.1, -0.05) is 126 Å². The van der Waals surface area contributed by atoms with Crippen molar-refractivity contribution in [1.82, 2.24) is 0 Å². The molecule has 0 heterocycles. The van der Waals surface area contributed by atoms with Crippen molar-refractivity contribution in [2.45, 2.75) is 110 Å². The monoisotopic (exact) mass is 393 g/mol. The molecule has 27 heavy (non-hydrogen) atoms. The topological polar surface area (TPSA) is 32.6 Å². The van der Waals surface area contributed by atoms with Gasteiger partial charge < -0.3 is 5.21 Å². The van der Waals surface area contributed by atoms with Gasteiger partial charge in [-0.15, -0.1) is 0 Å². The van der Waals surface area contributed by atoms with Crippen LogP contribution in [-0.2, 0) is 0 Å². The molecule has 0 unspecified atom stereocenters. The molecule has 0 aliphatic carbocycles. The normalized spacial score (nSPS) is 11.9. The van der Waals surface area contributed by atoms with Gasteiger partial charge >= 0.3 is 0 Å². The molecule has 0 fully saturated rings. The highest BCUT2D eigenvalue weighted by Crippen LogP contribution is 2.16. The Morgan fingerprint density at radius 1 is 0.704 bits per heavy atom. The van der Waals surface area contributed by atoms with E-state index in [4.69, 9.17) is 11.6 Å². The molecule has 0 bridgehead atoms. The van der Waals surface area contributed by atoms with Gasteiger partial charge in [0.2, 0.25) is 0 Å². The van der Waals surface area contributed by atoms with Crippen LogP contribution in [0, 0.1) is 0 Å². The van der Waals surface area contributed by atoms with Crippen LogP contribution in [-0.4, -0.2) is 10.9 Å². The van der Waals surface area contributed by atoms with Crippen molar-refractivity contribution in [2.24, 2.45) is 5.16 Å². The minimum atomic E-state index is 0.711. The molecule has 0 radical (unpaired) electrons. The van der Waals surface area contributed by atoms with Gasteiger partial charge in [0.25, 0.3) is 0 Å². The first-order chi connectivity index (χ1) is 13.3. The third-order valence-electron chi connectivity index (χ3n) is 5.32. The first-order valence-electron chi connectivity index (χ1n) is 11.2. The molecule has 0 aliphatic heterocycles. The van der Waals surface area contributed by atoms with Crippen LogP contribution >= 0.6 is 11.6 Å². The van der Waals surface area contributed by atoms with Gasteiger partial charge in [0.15, 0.2) is 0 Å². The Morgan fingerprint density at radius 3 is 1.52 bits per heavy atom. The van der Waals surface area contributed by atoms with Crippen molar-refractivity contribution in [3.63, 3.8) is 0 Å². The van der Waals surface area contributed by atoms with Gasteiger partial charge in [-0.2, -0.15) is 0 Å². The summed E-state index contributed by atoms with van der Waals surface area (Å²) in [7, 11) is 0. The van der Waals surface area contributed by atoms with Crippen molar-refractivity contribution in [3.8, 4) is 0 Å². The Balaban J connectivity index is 1.89. The van der Waals surface area contributed by atoms with Crippen molar-refractivity contribution in [3.05, 3.63) is 34.9 Å². The van der Waals surface area contributed by atoms with Gasteiger partial charge in [-0.25, -0.2) is 0 Å². The predicted octanol–water partition coefficient (Wildman–Crippen LogP) is 8.78. The van der Waals surface area contributed by atoms with Gasteiger partial charge in [-0.3, -0.25) is 0 Å². The number of halogens is 1. The lowest BCUT2D eigenvalue weighted by atomic mass is 10.0. The van der Waals surface area contributed by atoms with Crippen molar-refractivity contribution in [2.75, 3.05) is 0 Å². The molecule has 0 atom stereocenters. The van der Waals surface area contributed by atoms with E-state index in [0.29, 0.717) is 5.02 Å². The zero-order chi connectivity index (χ0) is 19.6. The number of hydrogen-bond acceptors (Lipinski definition) is 2. The average molecular weight is 394 g/mol. The van der Waals surface area contributed by atoms with E-state index in [1.54, 1.807) is 0 Å². The van der Waals surface area contributed by atoms with Crippen LogP contribution in [0.2, 0.25) is 5.02 Å². The summed E-state index contributed by atoms with van der Waals surface area (Å²) in [5, 5.41) is 13.4. The zero-order valence-corrected chi connectivity index (χ0v) is 18.2. The Morgan fingerprint density at radius 2 is 1.11 bits per heavy atom. The van der Waals surface area contributed by atoms with Gasteiger partial charge in [0, 0.05) is 5.02 Å². The lowest BCUT2D eigenvalue weighted by molar-refractivity contribution is 0.317. The Labute approximate surface area is 172 Å². The van der Waals surface area contributed by atoms with Crippen molar-refractivity contribution >= 4 is 17.3 Å². The van der Waals surface area contributed by atoms with Crippen molar-refractivity contribution in [1.29, 1.82) is 0 Å². The highest BCUT2D eigenvalue weighted by molar-refractivity contribution is 6.30. The summed E-state index contributed by atoms with van der Waals surface area (Å²) >= 11 is 5.90. The molecule has 2 nitrogen and oxygen atoms in total. The minimum absolute atomic E-state index is 0.711. The van der Waals surface area contributed by atoms with Gasteiger partial charge in [-0.05, 0) is 30.5 Å². The number of oxime groups is 1. The zero-order valence-electron chi connectivity index (χ0n) is 17.4. The predicted molar refractivity (Wildman–Crippen MR) is 119 cm³/mol. The van der Waals surface area contributed by atoms with Gasteiger partial charge in [0.1, 0.15) is 0 Å². The third kappa shape index (κ3) is 12.9. The first kappa shape index (κ1) is 24.0. The summed E-state index contributed by atoms with van der Waals surface area (Å²) in [5.74, 6) is 0. The number of hydrogen-bond donors (Lipinski definition) is 1. The molecule has 0 aromatic heterocycles. The highest BCUT2D eigenvalue weighted by Gasteiger charge is 2.04. The van der Waals surface area contributed by atoms with E-state index < -0.39 is 0 Å².